The van der Waals surface area contributed by atoms with Crippen LogP contribution in [0.5, 0.6) is 0 Å². The molecule has 0 radical (unpaired) electrons. The van der Waals surface area contributed by atoms with Gasteiger partial charge in [-0.15, -0.1) is 23.7 Å². The lowest BCUT2D eigenvalue weighted by atomic mass is 10.5. The summed E-state index contributed by atoms with van der Waals surface area (Å²) in [5, 5.41) is 5.58. The second-order valence-corrected chi connectivity index (χ2v) is 3.78. The monoisotopic (exact) mass is 249 g/mol. The van der Waals surface area contributed by atoms with Crippen LogP contribution in [-0.2, 0) is 4.79 Å². The van der Waals surface area contributed by atoms with E-state index in [1.165, 1.54) is 11.3 Å². The van der Waals surface area contributed by atoms with Gasteiger partial charge in [0, 0.05) is 11.9 Å². The number of hydrogen-bond donors (Lipinski definition) is 1. The molecule has 0 bridgehead atoms. The average Bonchev–Trinajstić information content (AvgIpc) is 2.54. The Morgan fingerprint density at radius 1 is 1.67 bits per heavy atom. The van der Waals surface area contributed by atoms with Crippen molar-refractivity contribution in [3.63, 3.8) is 0 Å². The van der Waals surface area contributed by atoms with Gasteiger partial charge in [-0.25, -0.2) is 4.98 Å². The highest BCUT2D eigenvalue weighted by molar-refractivity contribution is 7.14. The molecular weight excluding hydrogens is 234 g/mol. The maximum absolute atomic E-state index is 11.6. The molecule has 1 amide bonds. The van der Waals surface area contributed by atoms with Crippen LogP contribution < -0.4 is 10.2 Å². The number of likely N-dealkylation sites (N-methyl/N-ethyl adjacent to an activating group) is 2. The van der Waals surface area contributed by atoms with Crippen molar-refractivity contribution >= 4 is 34.8 Å². The molecule has 1 aromatic rings. The molecule has 1 N–H and O–H groups in total. The number of amides is 1. The zero-order chi connectivity index (χ0) is 10.6. The molecule has 6 heteroatoms. The van der Waals surface area contributed by atoms with E-state index >= 15 is 0 Å². The average molecular weight is 250 g/mol. The molecule has 0 aliphatic rings. The second-order valence-electron chi connectivity index (χ2n) is 2.94. The van der Waals surface area contributed by atoms with Crippen molar-refractivity contribution in [2.24, 2.45) is 0 Å². The van der Waals surface area contributed by atoms with E-state index in [9.17, 15) is 4.79 Å². The Balaban J connectivity index is 0.00000196. The number of hydrogen-bond acceptors (Lipinski definition) is 4. The largest absolute Gasteiger partial charge is 0.311 e. The van der Waals surface area contributed by atoms with Crippen LogP contribution in [0.1, 0.15) is 12.6 Å². The summed E-state index contributed by atoms with van der Waals surface area (Å²) in [4.78, 5) is 17.6. The zero-order valence-electron chi connectivity index (χ0n) is 9.11. The van der Waals surface area contributed by atoms with Gasteiger partial charge in [0.05, 0.1) is 12.2 Å². The lowest BCUT2D eigenvalue weighted by molar-refractivity contribution is -0.117. The van der Waals surface area contributed by atoms with Gasteiger partial charge in [0.15, 0.2) is 5.13 Å². The number of carbonyl (C=O) groups excluding carboxylic acids is 1. The summed E-state index contributed by atoms with van der Waals surface area (Å²) in [5.41, 5.74) is 0.959. The summed E-state index contributed by atoms with van der Waals surface area (Å²) < 4.78 is 0. The van der Waals surface area contributed by atoms with Crippen molar-refractivity contribution in [3.05, 3.63) is 11.1 Å². The molecule has 1 rings (SSSR count). The van der Waals surface area contributed by atoms with E-state index in [0.29, 0.717) is 13.1 Å². The van der Waals surface area contributed by atoms with E-state index in [-0.39, 0.29) is 18.3 Å². The predicted octanol–water partition coefficient (Wildman–Crippen LogP) is 1.45. The fraction of sp³-hybridized carbons (Fsp3) is 0.556. The van der Waals surface area contributed by atoms with Crippen LogP contribution in [0.4, 0.5) is 5.13 Å². The number of anilines is 1. The first-order chi connectivity index (χ1) is 6.69. The fourth-order valence-corrected chi connectivity index (χ4v) is 2.01. The summed E-state index contributed by atoms with van der Waals surface area (Å²) in [7, 11) is 1.76. The van der Waals surface area contributed by atoms with Crippen LogP contribution in [0.2, 0.25) is 0 Å². The SMILES string of the molecule is CCN(C(=O)CNC)c1nc(C)cs1.Cl. The molecule has 4 nitrogen and oxygen atoms in total. The lowest BCUT2D eigenvalue weighted by Gasteiger charge is -2.17. The topological polar surface area (TPSA) is 45.2 Å². The number of thiazole rings is 1. The van der Waals surface area contributed by atoms with Gasteiger partial charge in [-0.2, -0.15) is 0 Å². The Hall–Kier alpha value is -0.650. The molecular formula is C9H16ClN3OS. The maximum atomic E-state index is 11.6. The fourth-order valence-electron chi connectivity index (χ4n) is 1.13. The van der Waals surface area contributed by atoms with Crippen molar-refractivity contribution in [1.82, 2.24) is 10.3 Å². The molecule has 0 aliphatic carbocycles. The van der Waals surface area contributed by atoms with Crippen molar-refractivity contribution in [1.29, 1.82) is 0 Å². The van der Waals surface area contributed by atoms with E-state index in [0.717, 1.165) is 10.8 Å². The summed E-state index contributed by atoms with van der Waals surface area (Å²) in [6.07, 6.45) is 0. The highest BCUT2D eigenvalue weighted by atomic mass is 35.5. The number of aryl methyl sites for hydroxylation is 1. The molecule has 0 aromatic carbocycles. The minimum atomic E-state index is 0. The van der Waals surface area contributed by atoms with E-state index < -0.39 is 0 Å². The third kappa shape index (κ3) is 3.77. The molecule has 0 aliphatic heterocycles. The highest BCUT2D eigenvalue weighted by Gasteiger charge is 2.15. The first-order valence-corrected chi connectivity index (χ1v) is 5.44. The smallest absolute Gasteiger partial charge is 0.242 e. The number of nitrogens with zero attached hydrogens (tertiary/aromatic N) is 2. The molecule has 0 saturated carbocycles. The molecule has 1 aromatic heterocycles. The Bertz CT molecular complexity index is 316. The van der Waals surface area contributed by atoms with Crippen molar-refractivity contribution in [2.75, 3.05) is 25.0 Å². The van der Waals surface area contributed by atoms with Gasteiger partial charge < -0.3 is 5.32 Å². The van der Waals surface area contributed by atoms with Gasteiger partial charge >= 0.3 is 0 Å². The highest BCUT2D eigenvalue weighted by Crippen LogP contribution is 2.19. The van der Waals surface area contributed by atoms with E-state index in [4.69, 9.17) is 0 Å². The van der Waals surface area contributed by atoms with Gasteiger partial charge in [0.1, 0.15) is 0 Å². The van der Waals surface area contributed by atoms with Crippen LogP contribution in [0.15, 0.2) is 5.38 Å². The van der Waals surface area contributed by atoms with Gasteiger partial charge in [-0.3, -0.25) is 9.69 Å². The second kappa shape index (κ2) is 6.76. The normalized spacial score (nSPS) is 9.53. The van der Waals surface area contributed by atoms with Crippen molar-refractivity contribution in [2.45, 2.75) is 13.8 Å². The maximum Gasteiger partial charge on any atom is 0.242 e. The van der Waals surface area contributed by atoms with Gasteiger partial charge in [-0.1, -0.05) is 0 Å². The molecule has 1 heterocycles. The Morgan fingerprint density at radius 2 is 2.33 bits per heavy atom. The standard InChI is InChI=1S/C9H15N3OS.ClH/c1-4-12(8(13)5-10-3)9-11-7(2)6-14-9;/h6,10H,4-5H2,1-3H3;1H. The van der Waals surface area contributed by atoms with Crippen LogP contribution in [0, 0.1) is 6.92 Å². The summed E-state index contributed by atoms with van der Waals surface area (Å²) in [5.74, 6) is 0.0596. The molecule has 15 heavy (non-hydrogen) atoms. The summed E-state index contributed by atoms with van der Waals surface area (Å²) in [6, 6.07) is 0. The van der Waals surface area contributed by atoms with Crippen LogP contribution in [0.3, 0.4) is 0 Å². The third-order valence-electron chi connectivity index (χ3n) is 1.78. The number of carbonyl (C=O) groups is 1. The van der Waals surface area contributed by atoms with E-state index in [1.54, 1.807) is 11.9 Å². The quantitative estimate of drug-likeness (QED) is 0.879. The molecule has 0 saturated heterocycles. The molecule has 0 fully saturated rings. The molecule has 86 valence electrons. The summed E-state index contributed by atoms with van der Waals surface area (Å²) >= 11 is 1.50. The molecule has 0 atom stereocenters. The van der Waals surface area contributed by atoms with Gasteiger partial charge in [0.25, 0.3) is 0 Å². The number of halogens is 1. The van der Waals surface area contributed by atoms with Crippen molar-refractivity contribution < 1.29 is 4.79 Å². The van der Waals surface area contributed by atoms with E-state index in [2.05, 4.69) is 10.3 Å². The number of rotatable bonds is 4. The first kappa shape index (κ1) is 14.3. The minimum Gasteiger partial charge on any atom is -0.311 e. The van der Waals surface area contributed by atoms with Gasteiger partial charge in [0.2, 0.25) is 5.91 Å². The number of aromatic nitrogens is 1. The zero-order valence-corrected chi connectivity index (χ0v) is 10.7. The van der Waals surface area contributed by atoms with E-state index in [1.807, 2.05) is 19.2 Å². The predicted molar refractivity (Wildman–Crippen MR) is 66.1 cm³/mol. The Labute approximate surface area is 100 Å². The van der Waals surface area contributed by atoms with Crippen LogP contribution >= 0.6 is 23.7 Å². The Morgan fingerprint density at radius 3 is 2.73 bits per heavy atom. The van der Waals surface area contributed by atoms with Crippen molar-refractivity contribution in [3.8, 4) is 0 Å². The number of nitrogens with one attached hydrogen (secondary N) is 1. The van der Waals surface area contributed by atoms with Crippen LogP contribution in [0.25, 0.3) is 0 Å². The first-order valence-electron chi connectivity index (χ1n) is 4.56. The third-order valence-corrected chi connectivity index (χ3v) is 2.76. The van der Waals surface area contributed by atoms with Gasteiger partial charge in [-0.05, 0) is 20.9 Å². The minimum absolute atomic E-state index is 0. The Kier molecular flexibility index (Phi) is 6.47. The van der Waals surface area contributed by atoms with Crippen LogP contribution in [-0.4, -0.2) is 31.0 Å². The summed E-state index contributed by atoms with van der Waals surface area (Å²) in [6.45, 7) is 4.89. The molecule has 0 unspecified atom stereocenters. The lowest BCUT2D eigenvalue weighted by Crippen LogP contribution is -2.37. The molecule has 0 spiro atoms.